The minimum Gasteiger partial charge on any atom is -0.481 e. The van der Waals surface area contributed by atoms with E-state index in [-0.39, 0.29) is 18.6 Å². The smallest absolute Gasteiger partial charge is 0.307 e. The molecule has 0 aromatic rings. The Morgan fingerprint density at radius 3 is 2.58 bits per heavy atom. The highest BCUT2D eigenvalue weighted by Gasteiger charge is 2.37. The minimum atomic E-state index is -0.922. The van der Waals surface area contributed by atoms with Crippen LogP contribution in [0.3, 0.4) is 0 Å². The summed E-state index contributed by atoms with van der Waals surface area (Å²) in [6.07, 6.45) is 4.20. The van der Waals surface area contributed by atoms with Gasteiger partial charge in [-0.3, -0.25) is 9.59 Å². The molecule has 2 N–H and O–H groups in total. The van der Waals surface area contributed by atoms with Crippen LogP contribution in [0.1, 0.15) is 12.8 Å². The van der Waals surface area contributed by atoms with Gasteiger partial charge in [-0.25, -0.2) is 0 Å². The molecule has 1 aliphatic carbocycles. The maximum absolute atomic E-state index is 12.4. The third kappa shape index (κ3) is 3.13. The van der Waals surface area contributed by atoms with Crippen molar-refractivity contribution >= 4 is 11.9 Å². The largest absolute Gasteiger partial charge is 0.481 e. The van der Waals surface area contributed by atoms with Crippen LogP contribution < -0.4 is 0 Å². The lowest BCUT2D eigenvalue weighted by Crippen LogP contribution is -2.50. The van der Waals surface area contributed by atoms with Crippen molar-refractivity contribution in [2.45, 2.75) is 18.9 Å². The van der Waals surface area contributed by atoms with Gasteiger partial charge < -0.3 is 19.8 Å². The number of nitrogens with zero attached hydrogens (tertiary/aromatic N) is 1. The molecule has 0 spiro atoms. The van der Waals surface area contributed by atoms with Gasteiger partial charge in [0.1, 0.15) is 0 Å². The number of aliphatic hydroxyl groups is 1. The van der Waals surface area contributed by atoms with Gasteiger partial charge in [-0.15, -0.1) is 0 Å². The Morgan fingerprint density at radius 2 is 1.95 bits per heavy atom. The van der Waals surface area contributed by atoms with Gasteiger partial charge in [0, 0.05) is 13.1 Å². The van der Waals surface area contributed by atoms with E-state index in [1.54, 1.807) is 4.90 Å². The number of aliphatic hydroxyl groups excluding tert-OH is 1. The first-order chi connectivity index (χ1) is 9.13. The Morgan fingerprint density at radius 1 is 1.26 bits per heavy atom. The normalized spacial score (nSPS) is 31.2. The molecule has 1 saturated heterocycles. The molecule has 2 aliphatic rings. The number of allylic oxidation sites excluding steroid dienone is 2. The molecule has 106 valence electrons. The lowest BCUT2D eigenvalue weighted by atomic mass is 9.82. The van der Waals surface area contributed by atoms with E-state index >= 15 is 0 Å². The number of hydrogen-bond acceptors (Lipinski definition) is 4. The zero-order chi connectivity index (χ0) is 13.8. The van der Waals surface area contributed by atoms with Crippen LogP contribution in [0.25, 0.3) is 0 Å². The molecule has 6 nitrogen and oxygen atoms in total. The standard InChI is InChI=1S/C13H19NO5/c15-8-9-7-14(5-6-19-9)12(16)10-3-1-2-4-11(10)13(17)18/h1-2,9-11,15H,3-8H2,(H,17,18)/t9?,10-,11+/m1/s1. The molecule has 1 fully saturated rings. The zero-order valence-electron chi connectivity index (χ0n) is 10.7. The highest BCUT2D eigenvalue weighted by Crippen LogP contribution is 2.28. The van der Waals surface area contributed by atoms with Crippen LogP contribution in [0, 0.1) is 11.8 Å². The number of carbonyl (C=O) groups excluding carboxylic acids is 1. The van der Waals surface area contributed by atoms with Crippen molar-refractivity contribution in [1.82, 2.24) is 4.90 Å². The average Bonchev–Trinajstić information content (AvgIpc) is 2.46. The quantitative estimate of drug-likeness (QED) is 0.697. The third-order valence-corrected chi connectivity index (χ3v) is 3.72. The highest BCUT2D eigenvalue weighted by atomic mass is 16.5. The molecule has 6 heteroatoms. The monoisotopic (exact) mass is 269 g/mol. The van der Waals surface area contributed by atoms with E-state index in [2.05, 4.69) is 0 Å². The number of amides is 1. The predicted molar refractivity (Wildman–Crippen MR) is 66.4 cm³/mol. The number of ether oxygens (including phenoxy) is 1. The first kappa shape index (κ1) is 14.0. The van der Waals surface area contributed by atoms with Gasteiger partial charge in [0.15, 0.2) is 0 Å². The van der Waals surface area contributed by atoms with Crippen LogP contribution in [0.4, 0.5) is 0 Å². The van der Waals surface area contributed by atoms with E-state index in [1.165, 1.54) is 0 Å². The molecule has 3 atom stereocenters. The lowest BCUT2D eigenvalue weighted by Gasteiger charge is -2.36. The van der Waals surface area contributed by atoms with Gasteiger partial charge in [0.25, 0.3) is 0 Å². The molecule has 0 aromatic carbocycles. The first-order valence-electron chi connectivity index (χ1n) is 6.52. The number of morpholine rings is 1. The molecular weight excluding hydrogens is 250 g/mol. The Bertz CT molecular complexity index is 381. The van der Waals surface area contributed by atoms with Gasteiger partial charge in [0.2, 0.25) is 5.91 Å². The van der Waals surface area contributed by atoms with E-state index < -0.39 is 17.8 Å². The van der Waals surface area contributed by atoms with E-state index in [0.29, 0.717) is 32.5 Å². The third-order valence-electron chi connectivity index (χ3n) is 3.72. The van der Waals surface area contributed by atoms with Crippen LogP contribution in [0.15, 0.2) is 12.2 Å². The average molecular weight is 269 g/mol. The van der Waals surface area contributed by atoms with Crippen LogP contribution in [0.2, 0.25) is 0 Å². The number of carboxylic acids is 1. The Hall–Kier alpha value is -1.40. The summed E-state index contributed by atoms with van der Waals surface area (Å²) in [5, 5.41) is 18.3. The van der Waals surface area contributed by atoms with E-state index in [0.717, 1.165) is 0 Å². The van der Waals surface area contributed by atoms with Crippen molar-refractivity contribution in [2.75, 3.05) is 26.3 Å². The van der Waals surface area contributed by atoms with Crippen molar-refractivity contribution in [1.29, 1.82) is 0 Å². The Labute approximate surface area is 111 Å². The van der Waals surface area contributed by atoms with E-state index in [9.17, 15) is 14.7 Å². The van der Waals surface area contributed by atoms with Crippen LogP contribution >= 0.6 is 0 Å². The summed E-state index contributed by atoms with van der Waals surface area (Å²) in [6, 6.07) is 0. The highest BCUT2D eigenvalue weighted by molar-refractivity contribution is 5.85. The predicted octanol–water partition coefficient (Wildman–Crippen LogP) is -0.127. The number of hydrogen-bond donors (Lipinski definition) is 2. The fourth-order valence-electron chi connectivity index (χ4n) is 2.62. The first-order valence-corrected chi connectivity index (χ1v) is 6.52. The zero-order valence-corrected chi connectivity index (χ0v) is 10.7. The molecule has 2 rings (SSSR count). The summed E-state index contributed by atoms with van der Waals surface area (Å²) in [7, 11) is 0. The summed E-state index contributed by atoms with van der Waals surface area (Å²) in [5.41, 5.74) is 0. The fourth-order valence-corrected chi connectivity index (χ4v) is 2.62. The van der Waals surface area contributed by atoms with Gasteiger partial charge in [0.05, 0.1) is 31.2 Å². The lowest BCUT2D eigenvalue weighted by molar-refractivity contribution is -0.154. The summed E-state index contributed by atoms with van der Waals surface area (Å²) in [5.74, 6) is -2.21. The number of carbonyl (C=O) groups is 2. The number of rotatable bonds is 3. The Balaban J connectivity index is 2.05. The number of carboxylic acid groups (broad SMARTS) is 1. The molecule has 0 saturated carbocycles. The summed E-state index contributed by atoms with van der Waals surface area (Å²) in [6.45, 7) is 1.05. The molecule has 19 heavy (non-hydrogen) atoms. The van der Waals surface area contributed by atoms with Gasteiger partial charge in [-0.1, -0.05) is 12.2 Å². The van der Waals surface area contributed by atoms with Crippen LogP contribution in [-0.4, -0.2) is 59.4 Å². The van der Waals surface area contributed by atoms with Crippen molar-refractivity contribution in [3.05, 3.63) is 12.2 Å². The fraction of sp³-hybridized carbons (Fsp3) is 0.692. The molecule has 0 bridgehead atoms. The van der Waals surface area contributed by atoms with Crippen molar-refractivity contribution in [3.63, 3.8) is 0 Å². The van der Waals surface area contributed by atoms with Crippen molar-refractivity contribution in [3.8, 4) is 0 Å². The minimum absolute atomic E-state index is 0.128. The molecule has 1 unspecified atom stereocenters. The van der Waals surface area contributed by atoms with Gasteiger partial charge in [-0.05, 0) is 12.8 Å². The summed E-state index contributed by atoms with van der Waals surface area (Å²) in [4.78, 5) is 25.2. The SMILES string of the molecule is O=C(O)[C@H]1CC=CC[C@H]1C(=O)N1CCOC(CO)C1. The van der Waals surface area contributed by atoms with Crippen LogP contribution in [0.5, 0.6) is 0 Å². The maximum atomic E-state index is 12.4. The molecule has 0 radical (unpaired) electrons. The molecule has 1 amide bonds. The summed E-state index contributed by atoms with van der Waals surface area (Å²) < 4.78 is 5.29. The second kappa shape index (κ2) is 6.16. The topological polar surface area (TPSA) is 87.1 Å². The molecule has 1 heterocycles. The number of aliphatic carboxylic acids is 1. The molecular formula is C13H19NO5. The maximum Gasteiger partial charge on any atom is 0.307 e. The van der Waals surface area contributed by atoms with E-state index in [1.807, 2.05) is 12.2 Å². The van der Waals surface area contributed by atoms with Crippen molar-refractivity contribution in [2.24, 2.45) is 11.8 Å². The second-order valence-corrected chi connectivity index (χ2v) is 4.95. The van der Waals surface area contributed by atoms with E-state index in [4.69, 9.17) is 9.84 Å². The van der Waals surface area contributed by atoms with Gasteiger partial charge in [-0.2, -0.15) is 0 Å². The second-order valence-electron chi connectivity index (χ2n) is 4.95. The summed E-state index contributed by atoms with van der Waals surface area (Å²) >= 11 is 0. The van der Waals surface area contributed by atoms with Crippen LogP contribution in [-0.2, 0) is 14.3 Å². The van der Waals surface area contributed by atoms with Gasteiger partial charge >= 0.3 is 5.97 Å². The molecule has 1 aliphatic heterocycles. The van der Waals surface area contributed by atoms with Crippen molar-refractivity contribution < 1.29 is 24.5 Å². The Kier molecular flexibility index (Phi) is 4.55. The molecule has 0 aromatic heterocycles.